The summed E-state index contributed by atoms with van der Waals surface area (Å²) in [7, 11) is 0. The molecule has 1 rings (SSSR count). The van der Waals surface area contributed by atoms with Gasteiger partial charge in [0.05, 0.1) is 5.56 Å². The van der Waals surface area contributed by atoms with E-state index in [-0.39, 0.29) is 5.92 Å². The zero-order valence-electron chi connectivity index (χ0n) is 12.8. The van der Waals surface area contributed by atoms with Crippen LogP contribution in [0.25, 0.3) is 0 Å². The highest BCUT2D eigenvalue weighted by atomic mass is 19.4. The highest BCUT2D eigenvalue weighted by Crippen LogP contribution is 2.34. The number of hydrogen-bond acceptors (Lipinski definition) is 0. The Kier molecular flexibility index (Phi) is 6.09. The second kappa shape index (κ2) is 7.14. The molecule has 1 aromatic carbocycles. The van der Waals surface area contributed by atoms with Crippen LogP contribution in [-0.4, -0.2) is 0 Å². The summed E-state index contributed by atoms with van der Waals surface area (Å²) in [5.74, 6) is 0.834. The fourth-order valence-electron chi connectivity index (χ4n) is 2.54. The van der Waals surface area contributed by atoms with Gasteiger partial charge in [-0.15, -0.1) is 0 Å². The van der Waals surface area contributed by atoms with Crippen LogP contribution < -0.4 is 0 Å². The molecule has 1 unspecified atom stereocenters. The number of alkyl halides is 3. The normalized spacial score (nSPS) is 13.8. The molecule has 0 saturated heterocycles. The Bertz CT molecular complexity index is 419. The van der Waals surface area contributed by atoms with Crippen LogP contribution in [0, 0.1) is 5.92 Å². The lowest BCUT2D eigenvalue weighted by Crippen LogP contribution is -2.08. The van der Waals surface area contributed by atoms with Crippen molar-refractivity contribution < 1.29 is 13.2 Å². The van der Waals surface area contributed by atoms with Gasteiger partial charge in [0.1, 0.15) is 0 Å². The molecule has 1 atom stereocenters. The Morgan fingerprint density at radius 2 is 1.70 bits per heavy atom. The van der Waals surface area contributed by atoms with Crippen molar-refractivity contribution in [2.45, 2.75) is 65.5 Å². The molecule has 20 heavy (non-hydrogen) atoms. The van der Waals surface area contributed by atoms with Crippen LogP contribution in [0.1, 0.15) is 69.6 Å². The van der Waals surface area contributed by atoms with E-state index in [9.17, 15) is 13.2 Å². The number of halogens is 3. The first-order valence-electron chi connectivity index (χ1n) is 7.45. The number of hydrogen-bond donors (Lipinski definition) is 0. The van der Waals surface area contributed by atoms with Gasteiger partial charge in [-0.1, -0.05) is 46.6 Å². The van der Waals surface area contributed by atoms with Gasteiger partial charge in [0.25, 0.3) is 0 Å². The van der Waals surface area contributed by atoms with E-state index in [0.717, 1.165) is 36.8 Å². The summed E-state index contributed by atoms with van der Waals surface area (Å²) in [6.07, 6.45) is -0.323. The fourth-order valence-corrected chi connectivity index (χ4v) is 2.54. The summed E-state index contributed by atoms with van der Waals surface area (Å²) < 4.78 is 38.5. The molecule has 0 saturated carbocycles. The highest BCUT2D eigenvalue weighted by molar-refractivity contribution is 5.35. The third-order valence-electron chi connectivity index (χ3n) is 3.80. The Hall–Kier alpha value is -0.990. The van der Waals surface area contributed by atoms with Crippen LogP contribution in [-0.2, 0) is 12.6 Å². The van der Waals surface area contributed by atoms with E-state index in [1.807, 2.05) is 13.8 Å². The Balaban J connectivity index is 2.90. The van der Waals surface area contributed by atoms with Crippen molar-refractivity contribution >= 4 is 0 Å². The molecule has 0 radical (unpaired) electrons. The minimum atomic E-state index is -4.25. The molecule has 0 heterocycles. The first-order valence-corrected chi connectivity index (χ1v) is 7.45. The van der Waals surface area contributed by atoms with Crippen molar-refractivity contribution in [2.24, 2.45) is 5.92 Å². The Labute approximate surface area is 120 Å². The first kappa shape index (κ1) is 17.1. The van der Waals surface area contributed by atoms with Gasteiger partial charge < -0.3 is 0 Å². The lowest BCUT2D eigenvalue weighted by Gasteiger charge is -2.18. The fraction of sp³-hybridized carbons (Fsp3) is 0.647. The van der Waals surface area contributed by atoms with Gasteiger partial charge >= 0.3 is 6.18 Å². The maximum absolute atomic E-state index is 12.8. The number of rotatable bonds is 6. The molecule has 0 bridgehead atoms. The summed E-state index contributed by atoms with van der Waals surface area (Å²) in [4.78, 5) is 0. The zero-order valence-corrected chi connectivity index (χ0v) is 12.8. The van der Waals surface area contributed by atoms with Crippen LogP contribution in [0.15, 0.2) is 18.2 Å². The summed E-state index contributed by atoms with van der Waals surface area (Å²) in [5.41, 5.74) is 1.38. The molecule has 114 valence electrons. The lowest BCUT2D eigenvalue weighted by molar-refractivity contribution is -0.137. The van der Waals surface area contributed by atoms with Gasteiger partial charge in [-0.3, -0.25) is 0 Å². The third-order valence-corrected chi connectivity index (χ3v) is 3.80. The minimum absolute atomic E-state index is 0.186. The van der Waals surface area contributed by atoms with E-state index in [1.54, 1.807) is 6.07 Å². The van der Waals surface area contributed by atoms with Gasteiger partial charge in [-0.2, -0.15) is 13.2 Å². The van der Waals surface area contributed by atoms with Crippen molar-refractivity contribution in [3.05, 3.63) is 34.9 Å². The van der Waals surface area contributed by atoms with Crippen LogP contribution in [0.5, 0.6) is 0 Å². The molecule has 0 fully saturated rings. The third kappa shape index (κ3) is 4.84. The molecular weight excluding hydrogens is 261 g/mol. The summed E-state index contributed by atoms with van der Waals surface area (Å²) in [6, 6.07) is 4.18. The molecule has 0 aliphatic heterocycles. The monoisotopic (exact) mass is 286 g/mol. The van der Waals surface area contributed by atoms with E-state index >= 15 is 0 Å². The molecular formula is C17H25F3. The average Bonchev–Trinajstić information content (AvgIpc) is 2.36. The van der Waals surface area contributed by atoms with E-state index in [0.29, 0.717) is 5.92 Å². The van der Waals surface area contributed by atoms with E-state index in [4.69, 9.17) is 0 Å². The van der Waals surface area contributed by atoms with Crippen LogP contribution in [0.3, 0.4) is 0 Å². The summed E-state index contributed by atoms with van der Waals surface area (Å²) >= 11 is 0. The van der Waals surface area contributed by atoms with Gasteiger partial charge in [0.15, 0.2) is 0 Å². The molecule has 3 heteroatoms. The minimum Gasteiger partial charge on any atom is -0.166 e. The van der Waals surface area contributed by atoms with Crippen LogP contribution in [0.2, 0.25) is 0 Å². The van der Waals surface area contributed by atoms with E-state index in [2.05, 4.69) is 13.8 Å². The zero-order chi connectivity index (χ0) is 15.3. The Morgan fingerprint density at radius 3 is 2.20 bits per heavy atom. The second-order valence-corrected chi connectivity index (χ2v) is 5.99. The lowest BCUT2D eigenvalue weighted by atomic mass is 9.88. The quantitative estimate of drug-likeness (QED) is 0.584. The smallest absolute Gasteiger partial charge is 0.166 e. The van der Waals surface area contributed by atoms with Gasteiger partial charge in [0, 0.05) is 0 Å². The average molecular weight is 286 g/mol. The maximum Gasteiger partial charge on any atom is 0.416 e. The van der Waals surface area contributed by atoms with Gasteiger partial charge in [-0.25, -0.2) is 0 Å². The molecule has 0 nitrogen and oxygen atoms in total. The summed E-state index contributed by atoms with van der Waals surface area (Å²) in [5, 5.41) is 0. The topological polar surface area (TPSA) is 0 Å². The molecule has 0 aromatic heterocycles. The maximum atomic E-state index is 12.8. The van der Waals surface area contributed by atoms with Gasteiger partial charge in [-0.05, 0) is 47.9 Å². The van der Waals surface area contributed by atoms with Crippen molar-refractivity contribution in [1.29, 1.82) is 0 Å². The molecule has 0 aliphatic carbocycles. The van der Waals surface area contributed by atoms with Crippen molar-refractivity contribution in [2.75, 3.05) is 0 Å². The number of aryl methyl sites for hydroxylation is 1. The van der Waals surface area contributed by atoms with Crippen molar-refractivity contribution in [3.63, 3.8) is 0 Å². The second-order valence-electron chi connectivity index (χ2n) is 5.99. The van der Waals surface area contributed by atoms with Crippen LogP contribution in [0.4, 0.5) is 13.2 Å². The van der Waals surface area contributed by atoms with Crippen LogP contribution >= 0.6 is 0 Å². The SMILES string of the molecule is CCc1ccc(C(F)(F)F)cc1C(C)CCCC(C)C. The summed E-state index contributed by atoms with van der Waals surface area (Å²) in [6.45, 7) is 8.38. The molecule has 0 aliphatic rings. The van der Waals surface area contributed by atoms with Crippen molar-refractivity contribution in [3.8, 4) is 0 Å². The van der Waals surface area contributed by atoms with Gasteiger partial charge in [0.2, 0.25) is 0 Å². The molecule has 0 amide bonds. The Morgan fingerprint density at radius 1 is 1.05 bits per heavy atom. The van der Waals surface area contributed by atoms with E-state index < -0.39 is 11.7 Å². The molecule has 0 N–H and O–H groups in total. The van der Waals surface area contributed by atoms with E-state index in [1.165, 1.54) is 12.1 Å². The predicted molar refractivity (Wildman–Crippen MR) is 77.9 cm³/mol. The largest absolute Gasteiger partial charge is 0.416 e. The molecule has 0 spiro atoms. The standard InChI is InChI=1S/C17H25F3/c1-5-14-9-10-15(17(18,19)20)11-16(14)13(4)8-6-7-12(2)3/h9-13H,5-8H2,1-4H3. The molecule has 1 aromatic rings. The predicted octanol–water partition coefficient (Wildman–Crippen LogP) is 6.20. The number of benzene rings is 1. The first-order chi connectivity index (χ1) is 9.25. The highest BCUT2D eigenvalue weighted by Gasteiger charge is 2.31. The van der Waals surface area contributed by atoms with Crippen molar-refractivity contribution in [1.82, 2.24) is 0 Å².